The SMILES string of the molecule is O=C(Cc1ccsc1)NC1CCN(c2cc(C3CC3)[nH]n2)CC1. The molecule has 1 aliphatic carbocycles. The van der Waals surface area contributed by atoms with Crippen LogP contribution >= 0.6 is 11.3 Å². The van der Waals surface area contributed by atoms with Crippen LogP contribution in [0.1, 0.15) is 42.9 Å². The normalized spacial score (nSPS) is 19.0. The number of hydrogen-bond acceptors (Lipinski definition) is 4. The summed E-state index contributed by atoms with van der Waals surface area (Å²) in [4.78, 5) is 14.4. The van der Waals surface area contributed by atoms with Gasteiger partial charge in [-0.3, -0.25) is 9.89 Å². The minimum Gasteiger partial charge on any atom is -0.355 e. The van der Waals surface area contributed by atoms with E-state index in [0.717, 1.165) is 37.3 Å². The van der Waals surface area contributed by atoms with Crippen LogP contribution in [0.2, 0.25) is 0 Å². The van der Waals surface area contributed by atoms with Crippen LogP contribution in [0.25, 0.3) is 0 Å². The zero-order valence-corrected chi connectivity index (χ0v) is 13.9. The lowest BCUT2D eigenvalue weighted by Gasteiger charge is -2.32. The van der Waals surface area contributed by atoms with E-state index in [4.69, 9.17) is 0 Å². The van der Waals surface area contributed by atoms with Gasteiger partial charge in [-0.2, -0.15) is 16.4 Å². The molecule has 1 saturated heterocycles. The third-order valence-corrected chi connectivity index (χ3v) is 5.46. The number of rotatable bonds is 5. The van der Waals surface area contributed by atoms with Gasteiger partial charge in [0.1, 0.15) is 0 Å². The monoisotopic (exact) mass is 330 g/mol. The molecule has 122 valence electrons. The second-order valence-corrected chi connectivity index (χ2v) is 7.37. The molecule has 0 atom stereocenters. The number of piperidine rings is 1. The molecular weight excluding hydrogens is 308 g/mol. The number of hydrogen-bond donors (Lipinski definition) is 2. The van der Waals surface area contributed by atoms with E-state index in [2.05, 4.69) is 26.5 Å². The third kappa shape index (κ3) is 3.58. The minimum absolute atomic E-state index is 0.137. The molecule has 0 spiro atoms. The molecule has 2 aliphatic rings. The number of carbonyl (C=O) groups excluding carboxylic acids is 1. The topological polar surface area (TPSA) is 61.0 Å². The van der Waals surface area contributed by atoms with Crippen molar-refractivity contribution in [2.45, 2.75) is 44.1 Å². The summed E-state index contributed by atoms with van der Waals surface area (Å²) >= 11 is 1.64. The van der Waals surface area contributed by atoms with Crippen molar-refractivity contribution in [3.05, 3.63) is 34.2 Å². The fourth-order valence-electron chi connectivity index (χ4n) is 3.20. The maximum Gasteiger partial charge on any atom is 0.224 e. The molecule has 2 aromatic rings. The molecule has 0 radical (unpaired) electrons. The molecule has 2 aromatic heterocycles. The van der Waals surface area contributed by atoms with Crippen molar-refractivity contribution in [3.63, 3.8) is 0 Å². The first-order valence-electron chi connectivity index (χ1n) is 8.38. The third-order valence-electron chi connectivity index (χ3n) is 4.73. The standard InChI is InChI=1S/C17H22N4OS/c22-17(9-12-5-8-23-11-12)18-14-3-6-21(7-4-14)16-10-15(19-20-16)13-1-2-13/h5,8,10-11,13-14H,1-4,6-7,9H2,(H,18,22)(H,19,20). The van der Waals surface area contributed by atoms with Crippen LogP contribution in [0.5, 0.6) is 0 Å². The van der Waals surface area contributed by atoms with E-state index in [1.165, 1.54) is 18.5 Å². The lowest BCUT2D eigenvalue weighted by Crippen LogP contribution is -2.45. The first-order valence-corrected chi connectivity index (χ1v) is 9.33. The van der Waals surface area contributed by atoms with Gasteiger partial charge in [0.2, 0.25) is 5.91 Å². The number of nitrogens with one attached hydrogen (secondary N) is 2. The largest absolute Gasteiger partial charge is 0.355 e. The van der Waals surface area contributed by atoms with Gasteiger partial charge in [0.05, 0.1) is 6.42 Å². The Balaban J connectivity index is 1.26. The summed E-state index contributed by atoms with van der Waals surface area (Å²) in [5, 5.41) is 14.9. The van der Waals surface area contributed by atoms with E-state index in [1.54, 1.807) is 11.3 Å². The molecule has 2 N–H and O–H groups in total. The summed E-state index contributed by atoms with van der Waals surface area (Å²) in [6, 6.07) is 4.51. The lowest BCUT2D eigenvalue weighted by atomic mass is 10.0. The molecule has 6 heteroatoms. The van der Waals surface area contributed by atoms with Gasteiger partial charge in [0.15, 0.2) is 5.82 Å². The van der Waals surface area contributed by atoms with E-state index < -0.39 is 0 Å². The van der Waals surface area contributed by atoms with E-state index in [9.17, 15) is 4.79 Å². The Morgan fingerprint density at radius 3 is 2.87 bits per heavy atom. The molecule has 1 amide bonds. The Bertz CT molecular complexity index is 654. The molecule has 4 rings (SSSR count). The molecule has 0 aromatic carbocycles. The number of thiophene rings is 1. The van der Waals surface area contributed by atoms with Crippen molar-refractivity contribution >= 4 is 23.1 Å². The van der Waals surface area contributed by atoms with Gasteiger partial charge in [-0.15, -0.1) is 0 Å². The molecule has 5 nitrogen and oxygen atoms in total. The van der Waals surface area contributed by atoms with Crippen molar-refractivity contribution in [2.75, 3.05) is 18.0 Å². The van der Waals surface area contributed by atoms with Crippen LogP contribution < -0.4 is 10.2 Å². The van der Waals surface area contributed by atoms with Crippen molar-refractivity contribution in [2.24, 2.45) is 0 Å². The molecule has 0 unspecified atom stereocenters. The average molecular weight is 330 g/mol. The number of carbonyl (C=O) groups is 1. The summed E-state index contributed by atoms with van der Waals surface area (Å²) in [7, 11) is 0. The van der Waals surface area contributed by atoms with Gasteiger partial charge in [-0.25, -0.2) is 0 Å². The summed E-state index contributed by atoms with van der Waals surface area (Å²) in [6.45, 7) is 1.91. The second kappa shape index (κ2) is 6.35. The highest BCUT2D eigenvalue weighted by molar-refractivity contribution is 7.07. The molecule has 0 bridgehead atoms. The second-order valence-electron chi connectivity index (χ2n) is 6.59. The first-order chi connectivity index (χ1) is 11.3. The van der Waals surface area contributed by atoms with E-state index in [-0.39, 0.29) is 5.91 Å². The van der Waals surface area contributed by atoms with Gasteiger partial charge in [0.25, 0.3) is 0 Å². The molecule has 3 heterocycles. The zero-order chi connectivity index (χ0) is 15.6. The number of aromatic amines is 1. The lowest BCUT2D eigenvalue weighted by molar-refractivity contribution is -0.121. The first kappa shape index (κ1) is 14.8. The highest BCUT2D eigenvalue weighted by atomic mass is 32.1. The van der Waals surface area contributed by atoms with Crippen LogP contribution in [-0.2, 0) is 11.2 Å². The Labute approximate surface area is 140 Å². The Kier molecular flexibility index (Phi) is 4.08. The van der Waals surface area contributed by atoms with Gasteiger partial charge < -0.3 is 10.2 Å². The Hall–Kier alpha value is -1.82. The quantitative estimate of drug-likeness (QED) is 0.886. The zero-order valence-electron chi connectivity index (χ0n) is 13.1. The number of nitrogens with zero attached hydrogens (tertiary/aromatic N) is 2. The van der Waals surface area contributed by atoms with Crippen LogP contribution in [0.15, 0.2) is 22.9 Å². The summed E-state index contributed by atoms with van der Waals surface area (Å²) < 4.78 is 0. The Morgan fingerprint density at radius 1 is 1.35 bits per heavy atom. The Morgan fingerprint density at radius 2 is 2.17 bits per heavy atom. The predicted molar refractivity (Wildman–Crippen MR) is 92.0 cm³/mol. The molecule has 1 aliphatic heterocycles. The number of amides is 1. The minimum atomic E-state index is 0.137. The van der Waals surface area contributed by atoms with Crippen LogP contribution in [0.4, 0.5) is 5.82 Å². The van der Waals surface area contributed by atoms with Gasteiger partial charge in [-0.1, -0.05) is 0 Å². The molecule has 2 fully saturated rings. The summed E-state index contributed by atoms with van der Waals surface area (Å²) in [5.74, 6) is 1.91. The van der Waals surface area contributed by atoms with E-state index >= 15 is 0 Å². The number of aromatic nitrogens is 2. The van der Waals surface area contributed by atoms with E-state index in [0.29, 0.717) is 18.4 Å². The van der Waals surface area contributed by atoms with Gasteiger partial charge >= 0.3 is 0 Å². The number of H-pyrrole nitrogens is 1. The van der Waals surface area contributed by atoms with Crippen LogP contribution in [0, 0.1) is 0 Å². The molecule has 23 heavy (non-hydrogen) atoms. The summed E-state index contributed by atoms with van der Waals surface area (Å²) in [5.41, 5.74) is 2.39. The van der Waals surface area contributed by atoms with Gasteiger partial charge in [-0.05, 0) is 48.1 Å². The highest BCUT2D eigenvalue weighted by Gasteiger charge is 2.27. The van der Waals surface area contributed by atoms with Crippen molar-refractivity contribution in [3.8, 4) is 0 Å². The van der Waals surface area contributed by atoms with Crippen LogP contribution in [0.3, 0.4) is 0 Å². The van der Waals surface area contributed by atoms with Crippen molar-refractivity contribution in [1.29, 1.82) is 0 Å². The fraction of sp³-hybridized carbons (Fsp3) is 0.529. The smallest absolute Gasteiger partial charge is 0.224 e. The van der Waals surface area contributed by atoms with Crippen molar-refractivity contribution in [1.82, 2.24) is 15.5 Å². The van der Waals surface area contributed by atoms with E-state index in [1.807, 2.05) is 16.8 Å². The number of anilines is 1. The molecular formula is C17H22N4OS. The highest BCUT2D eigenvalue weighted by Crippen LogP contribution is 2.40. The van der Waals surface area contributed by atoms with Crippen LogP contribution in [-0.4, -0.2) is 35.2 Å². The van der Waals surface area contributed by atoms with Gasteiger partial charge in [0, 0.05) is 36.8 Å². The maximum atomic E-state index is 12.1. The summed E-state index contributed by atoms with van der Waals surface area (Å²) in [6.07, 6.45) is 5.05. The molecule has 1 saturated carbocycles. The average Bonchev–Trinajstić information content (AvgIpc) is 3.07. The van der Waals surface area contributed by atoms with Crippen molar-refractivity contribution < 1.29 is 4.79 Å². The predicted octanol–water partition coefficient (Wildman–Crippen LogP) is 2.68. The maximum absolute atomic E-state index is 12.1. The fourth-order valence-corrected chi connectivity index (χ4v) is 3.87.